The molecule has 1 amide bonds. The van der Waals surface area contributed by atoms with Crippen LogP contribution in [0.4, 0.5) is 0 Å². The van der Waals surface area contributed by atoms with Crippen LogP contribution in [0.1, 0.15) is 239 Å². The van der Waals surface area contributed by atoms with Gasteiger partial charge in [-0.1, -0.05) is 224 Å². The molecule has 62 heavy (non-hydrogen) atoms. The van der Waals surface area contributed by atoms with Gasteiger partial charge in [-0.3, -0.25) is 4.79 Å². The van der Waals surface area contributed by atoms with Crippen molar-refractivity contribution in [1.82, 2.24) is 5.32 Å². The van der Waals surface area contributed by atoms with Crippen LogP contribution in [0.25, 0.3) is 0 Å². The Morgan fingerprint density at radius 2 is 0.919 bits per heavy atom. The average molecular weight is 878 g/mol. The number of amides is 1. The molecular weight excluding hydrogens is 779 g/mol. The summed E-state index contributed by atoms with van der Waals surface area (Å²) in [6, 6.07) is -0.825. The van der Waals surface area contributed by atoms with Gasteiger partial charge < -0.3 is 40.3 Å². The van der Waals surface area contributed by atoms with E-state index >= 15 is 0 Å². The number of hydrogen-bond donors (Lipinski definition) is 6. The van der Waals surface area contributed by atoms with Crippen molar-refractivity contribution in [2.24, 2.45) is 0 Å². The number of unbranched alkanes of at least 4 members (excludes halogenated alkanes) is 30. The Kier molecular flexibility index (Phi) is 40.8. The van der Waals surface area contributed by atoms with Crippen molar-refractivity contribution in [3.63, 3.8) is 0 Å². The fourth-order valence-corrected chi connectivity index (χ4v) is 8.25. The molecule has 0 aromatic rings. The van der Waals surface area contributed by atoms with E-state index in [1.807, 2.05) is 6.08 Å². The normalized spacial score (nSPS) is 20.5. The minimum atomic E-state index is -1.57. The maximum Gasteiger partial charge on any atom is 0.220 e. The molecule has 1 rings (SSSR count). The third-order valence-corrected chi connectivity index (χ3v) is 12.4. The third-order valence-electron chi connectivity index (χ3n) is 12.4. The Balaban J connectivity index is 2.31. The number of aliphatic hydroxyl groups is 5. The van der Waals surface area contributed by atoms with E-state index in [1.165, 1.54) is 173 Å². The van der Waals surface area contributed by atoms with Gasteiger partial charge in [0.15, 0.2) is 6.29 Å². The molecule has 0 aromatic heterocycles. The van der Waals surface area contributed by atoms with Gasteiger partial charge >= 0.3 is 0 Å². The van der Waals surface area contributed by atoms with Crippen LogP contribution in [0.3, 0.4) is 0 Å². The Morgan fingerprint density at radius 1 is 0.532 bits per heavy atom. The Hall–Kier alpha value is -1.59. The summed E-state index contributed by atoms with van der Waals surface area (Å²) in [7, 11) is 0. The molecule has 0 saturated carbocycles. The maximum absolute atomic E-state index is 13.0. The fourth-order valence-electron chi connectivity index (χ4n) is 8.25. The second kappa shape index (κ2) is 43.3. The second-order valence-electron chi connectivity index (χ2n) is 18.3. The highest BCUT2D eigenvalue weighted by Gasteiger charge is 2.44. The topological polar surface area (TPSA) is 149 Å². The van der Waals surface area contributed by atoms with Crippen LogP contribution in [-0.4, -0.2) is 87.5 Å². The van der Waals surface area contributed by atoms with Crippen LogP contribution < -0.4 is 5.32 Å². The van der Waals surface area contributed by atoms with Crippen molar-refractivity contribution in [3.8, 4) is 0 Å². The lowest BCUT2D eigenvalue weighted by Gasteiger charge is -2.40. The molecule has 9 heteroatoms. The van der Waals surface area contributed by atoms with Crippen molar-refractivity contribution in [2.75, 3.05) is 13.2 Å². The van der Waals surface area contributed by atoms with E-state index in [0.29, 0.717) is 6.42 Å². The summed E-state index contributed by atoms with van der Waals surface area (Å²) in [5.74, 6) is -0.188. The Bertz CT molecular complexity index is 1070. The second-order valence-corrected chi connectivity index (χ2v) is 18.3. The average Bonchev–Trinajstić information content (AvgIpc) is 3.27. The van der Waals surface area contributed by atoms with Gasteiger partial charge in [0.1, 0.15) is 24.4 Å². The standard InChI is InChI=1S/C53H99NO8/c1-3-5-7-9-11-13-15-17-19-21-23-24-25-27-29-31-33-35-37-39-41-43-49(57)54-46(45-61-53-52(60)51(59)50(58)48(44-55)62-53)47(56)42-40-38-36-34-32-30-28-26-22-20-18-16-14-12-10-8-6-4-2/h22,26,32,34,40,42,46-48,50-53,55-56,58-60H,3-21,23-25,27-31,33,35-39,41,43-45H2,1-2H3,(H,54,57)/b26-22+,34-32+,42-40+. The minimum Gasteiger partial charge on any atom is -0.394 e. The molecule has 1 saturated heterocycles. The van der Waals surface area contributed by atoms with E-state index in [9.17, 15) is 30.3 Å². The lowest BCUT2D eigenvalue weighted by molar-refractivity contribution is -0.302. The molecule has 1 aliphatic rings. The first-order valence-electron chi connectivity index (χ1n) is 26.2. The van der Waals surface area contributed by atoms with Gasteiger partial charge in [0.25, 0.3) is 0 Å². The number of aliphatic hydroxyl groups excluding tert-OH is 5. The van der Waals surface area contributed by atoms with E-state index < -0.39 is 49.5 Å². The number of hydrogen-bond acceptors (Lipinski definition) is 8. The van der Waals surface area contributed by atoms with Crippen molar-refractivity contribution >= 4 is 5.91 Å². The maximum atomic E-state index is 13.0. The lowest BCUT2D eigenvalue weighted by atomic mass is 9.99. The van der Waals surface area contributed by atoms with Crippen LogP contribution in [0, 0.1) is 0 Å². The van der Waals surface area contributed by atoms with Crippen molar-refractivity contribution in [3.05, 3.63) is 36.5 Å². The first-order valence-corrected chi connectivity index (χ1v) is 26.2. The van der Waals surface area contributed by atoms with Gasteiger partial charge in [-0.2, -0.15) is 0 Å². The zero-order valence-electron chi connectivity index (χ0n) is 40.1. The Labute approximate surface area is 381 Å². The minimum absolute atomic E-state index is 0.188. The fraction of sp³-hybridized carbons (Fsp3) is 0.868. The van der Waals surface area contributed by atoms with Gasteiger partial charge in [0.05, 0.1) is 25.4 Å². The van der Waals surface area contributed by atoms with Crippen molar-refractivity contribution < 1.29 is 39.8 Å². The predicted octanol–water partition coefficient (Wildman–Crippen LogP) is 12.0. The molecule has 0 spiro atoms. The molecule has 0 aromatic carbocycles. The lowest BCUT2D eigenvalue weighted by Crippen LogP contribution is -2.60. The molecule has 0 aliphatic carbocycles. The van der Waals surface area contributed by atoms with E-state index in [0.717, 1.165) is 44.9 Å². The zero-order chi connectivity index (χ0) is 45.1. The molecular formula is C53H99NO8. The van der Waals surface area contributed by atoms with Gasteiger partial charge in [0.2, 0.25) is 5.91 Å². The zero-order valence-corrected chi connectivity index (χ0v) is 40.1. The van der Waals surface area contributed by atoms with E-state index in [4.69, 9.17) is 9.47 Å². The van der Waals surface area contributed by atoms with E-state index in [-0.39, 0.29) is 12.5 Å². The highest BCUT2D eigenvalue weighted by Crippen LogP contribution is 2.23. The predicted molar refractivity (Wildman–Crippen MR) is 258 cm³/mol. The molecule has 6 N–H and O–H groups in total. The number of carbonyl (C=O) groups excluding carboxylic acids is 1. The summed E-state index contributed by atoms with van der Waals surface area (Å²) in [5, 5.41) is 54.3. The smallest absolute Gasteiger partial charge is 0.220 e. The van der Waals surface area contributed by atoms with Gasteiger partial charge in [0, 0.05) is 6.42 Å². The highest BCUT2D eigenvalue weighted by atomic mass is 16.7. The summed E-state index contributed by atoms with van der Waals surface area (Å²) in [6.07, 6.45) is 47.7. The molecule has 364 valence electrons. The van der Waals surface area contributed by atoms with Gasteiger partial charge in [-0.25, -0.2) is 0 Å². The number of rotatable bonds is 44. The first-order chi connectivity index (χ1) is 30.3. The SMILES string of the molecule is CCCCCCCCCC/C=C/CC/C=C/CC/C=C/C(O)C(COC1OC(CO)C(O)C(O)C1O)NC(=O)CCCCCCCCCCCCCCCCCCCCCCC. The van der Waals surface area contributed by atoms with Crippen LogP contribution >= 0.6 is 0 Å². The largest absolute Gasteiger partial charge is 0.394 e. The molecule has 7 unspecified atom stereocenters. The molecule has 1 aliphatic heterocycles. The first kappa shape index (κ1) is 58.4. The van der Waals surface area contributed by atoms with E-state index in [2.05, 4.69) is 43.5 Å². The molecule has 1 heterocycles. The Morgan fingerprint density at radius 3 is 1.35 bits per heavy atom. The molecule has 0 bridgehead atoms. The molecule has 0 radical (unpaired) electrons. The third kappa shape index (κ3) is 33.0. The monoisotopic (exact) mass is 878 g/mol. The number of nitrogens with one attached hydrogen (secondary N) is 1. The van der Waals surface area contributed by atoms with Crippen LogP contribution in [0.15, 0.2) is 36.5 Å². The van der Waals surface area contributed by atoms with Gasteiger partial charge in [-0.15, -0.1) is 0 Å². The summed E-state index contributed by atoms with van der Waals surface area (Å²) in [5.41, 5.74) is 0. The van der Waals surface area contributed by atoms with Crippen LogP contribution in [0.2, 0.25) is 0 Å². The molecule has 9 nitrogen and oxygen atoms in total. The number of ether oxygens (including phenoxy) is 2. The quantitative estimate of drug-likeness (QED) is 0.0262. The van der Waals surface area contributed by atoms with E-state index in [1.54, 1.807) is 6.08 Å². The summed E-state index contributed by atoms with van der Waals surface area (Å²) in [6.45, 7) is 3.77. The van der Waals surface area contributed by atoms with Gasteiger partial charge in [-0.05, 0) is 44.9 Å². The highest BCUT2D eigenvalue weighted by molar-refractivity contribution is 5.76. The summed E-state index contributed by atoms with van der Waals surface area (Å²) in [4.78, 5) is 13.0. The number of allylic oxidation sites excluding steroid dienone is 5. The summed E-state index contributed by atoms with van der Waals surface area (Å²) < 4.78 is 11.2. The van der Waals surface area contributed by atoms with Crippen molar-refractivity contribution in [1.29, 1.82) is 0 Å². The van der Waals surface area contributed by atoms with Crippen LogP contribution in [-0.2, 0) is 14.3 Å². The number of carbonyl (C=O) groups is 1. The van der Waals surface area contributed by atoms with Crippen molar-refractivity contribution in [2.45, 2.75) is 281 Å². The molecule has 7 atom stereocenters. The van der Waals surface area contributed by atoms with Crippen LogP contribution in [0.5, 0.6) is 0 Å². The molecule has 1 fully saturated rings. The summed E-state index contributed by atoms with van der Waals surface area (Å²) >= 11 is 0.